The number of carbonyl (C=O) groups excluding carboxylic acids is 2. The van der Waals surface area contributed by atoms with Crippen LogP contribution in [0.3, 0.4) is 0 Å². The van der Waals surface area contributed by atoms with Crippen molar-refractivity contribution in [1.29, 1.82) is 0 Å². The number of anilines is 2. The Kier molecular flexibility index (Phi) is 7.81. The monoisotopic (exact) mass is 615 g/mol. The number of alkyl halides is 3. The Hall–Kier alpha value is -5.32. The highest BCUT2D eigenvalue weighted by Crippen LogP contribution is 2.35. The lowest BCUT2D eigenvalue weighted by molar-refractivity contribution is -0.384. The number of urea groups is 1. The van der Waals surface area contributed by atoms with Crippen LogP contribution >= 0.6 is 11.8 Å². The summed E-state index contributed by atoms with van der Waals surface area (Å²) in [6, 6.07) is 11.7. The Labute approximate surface area is 243 Å². The van der Waals surface area contributed by atoms with Gasteiger partial charge >= 0.3 is 12.4 Å². The van der Waals surface area contributed by atoms with E-state index in [9.17, 15) is 37.3 Å². The highest BCUT2D eigenvalue weighted by atomic mass is 32.2. The Morgan fingerprint density at radius 3 is 2.56 bits per heavy atom. The number of aryl methyl sites for hydroxylation is 1. The van der Waals surface area contributed by atoms with Gasteiger partial charge in [-0.25, -0.2) is 18.9 Å². The number of rotatable bonds is 6. The number of hydrogen-bond donors (Lipinski definition) is 1. The summed E-state index contributed by atoms with van der Waals surface area (Å²) in [6.07, 6.45) is -3.55. The fourth-order valence-electron chi connectivity index (χ4n) is 3.95. The molecule has 0 atom stereocenters. The fourth-order valence-corrected chi connectivity index (χ4v) is 4.81. The predicted molar refractivity (Wildman–Crippen MR) is 148 cm³/mol. The van der Waals surface area contributed by atoms with Crippen LogP contribution in [0, 0.1) is 22.9 Å². The fraction of sp³-hybridized carbons (Fsp3) is 0.115. The second kappa shape index (κ2) is 11.5. The van der Waals surface area contributed by atoms with Gasteiger partial charge in [-0.3, -0.25) is 19.8 Å². The molecule has 5 rings (SSSR count). The molecule has 2 heterocycles. The van der Waals surface area contributed by atoms with Crippen molar-refractivity contribution in [3.63, 3.8) is 0 Å². The third-order valence-corrected chi connectivity index (χ3v) is 6.75. The molecule has 1 saturated heterocycles. The molecule has 0 spiro atoms. The average molecular weight is 616 g/mol. The van der Waals surface area contributed by atoms with Gasteiger partial charge in [0.15, 0.2) is 11.0 Å². The van der Waals surface area contributed by atoms with Crippen LogP contribution in [0.25, 0.3) is 17.1 Å². The second-order valence-corrected chi connectivity index (χ2v) is 9.78. The molecule has 3 aromatic carbocycles. The topological polar surface area (TPSA) is 145 Å². The molecule has 1 N–H and O–H groups in total. The highest BCUT2D eigenvalue weighted by Gasteiger charge is 2.35. The molecule has 12 nitrogen and oxygen atoms in total. The van der Waals surface area contributed by atoms with Gasteiger partial charge < -0.3 is 10.1 Å². The maximum atomic E-state index is 14.9. The predicted octanol–water partition coefficient (Wildman–Crippen LogP) is 5.86. The third-order valence-electron chi connectivity index (χ3n) is 5.83. The molecule has 1 aliphatic rings. The molecule has 43 heavy (non-hydrogen) atoms. The van der Waals surface area contributed by atoms with Gasteiger partial charge in [0.2, 0.25) is 5.91 Å². The van der Waals surface area contributed by atoms with Crippen molar-refractivity contribution < 1.29 is 36.8 Å². The number of carbonyl (C=O) groups is 2. The maximum absolute atomic E-state index is 14.9. The molecule has 1 fully saturated rings. The van der Waals surface area contributed by atoms with Gasteiger partial charge in [-0.1, -0.05) is 17.8 Å². The number of thioether (sulfide) groups is 1. The van der Waals surface area contributed by atoms with Crippen molar-refractivity contribution >= 4 is 45.9 Å². The molecule has 220 valence electrons. The first-order valence-corrected chi connectivity index (χ1v) is 13.0. The van der Waals surface area contributed by atoms with Crippen molar-refractivity contribution in [2.45, 2.75) is 13.3 Å². The van der Waals surface area contributed by atoms with Crippen molar-refractivity contribution in [2.24, 2.45) is 4.99 Å². The van der Waals surface area contributed by atoms with E-state index in [0.717, 1.165) is 34.9 Å². The van der Waals surface area contributed by atoms with Crippen LogP contribution in [0.5, 0.6) is 5.75 Å². The van der Waals surface area contributed by atoms with Gasteiger partial charge in [-0.05, 0) is 61.0 Å². The summed E-state index contributed by atoms with van der Waals surface area (Å²) in [6.45, 7) is 1.69. The van der Waals surface area contributed by atoms with Crippen molar-refractivity contribution in [3.8, 4) is 22.8 Å². The summed E-state index contributed by atoms with van der Waals surface area (Å²) in [5, 5.41) is 17.9. The summed E-state index contributed by atoms with van der Waals surface area (Å²) in [7, 11) is 0. The minimum absolute atomic E-state index is 0.0420. The SMILES string of the molecule is Cc1ccc([N+](=O)[O-])c(N2C(=O)CS/C2=N\C(=O)Nc2ccc(-c3ncn(-c4ccc(OC(F)(F)F)cc4)n3)cc2F)c1. The number of hydrogen-bond acceptors (Lipinski definition) is 8. The normalized spacial score (nSPS) is 14.3. The van der Waals surface area contributed by atoms with Crippen molar-refractivity contribution in [1.82, 2.24) is 14.8 Å². The first kappa shape index (κ1) is 29.2. The van der Waals surface area contributed by atoms with Crippen molar-refractivity contribution in [2.75, 3.05) is 16.0 Å². The van der Waals surface area contributed by atoms with E-state index in [-0.39, 0.29) is 39.4 Å². The zero-order valence-electron chi connectivity index (χ0n) is 21.7. The smallest absolute Gasteiger partial charge is 0.406 e. The second-order valence-electron chi connectivity index (χ2n) is 8.84. The molecule has 1 aliphatic heterocycles. The standard InChI is InChI=1S/C26H17F4N7O5S/c1-14-2-9-20(37(40)41)21(10-14)36-22(38)12-43-25(36)33-24(39)32-19-8-3-15(11-18(19)27)23-31-13-35(34-23)16-4-6-17(7-5-16)42-26(28,29)30/h2-11,13H,12H2,1H3,(H,32,39)/b33-25-. The number of halogens is 4. The molecule has 0 unspecified atom stereocenters. The van der Waals surface area contributed by atoms with Gasteiger partial charge in [-0.15, -0.1) is 18.3 Å². The number of nitro groups is 1. The Bertz CT molecular complexity index is 1780. The highest BCUT2D eigenvalue weighted by molar-refractivity contribution is 8.15. The quantitative estimate of drug-likeness (QED) is 0.161. The Morgan fingerprint density at radius 2 is 1.88 bits per heavy atom. The molecule has 4 aromatic rings. The van der Waals surface area contributed by atoms with Crippen LogP contribution in [-0.4, -0.2) is 48.9 Å². The van der Waals surface area contributed by atoms with Gasteiger partial charge in [0, 0.05) is 11.6 Å². The number of amidine groups is 1. The van der Waals surface area contributed by atoms with Crippen molar-refractivity contribution in [3.05, 3.63) is 88.5 Å². The van der Waals surface area contributed by atoms with Crippen LogP contribution < -0.4 is 15.0 Å². The first-order chi connectivity index (χ1) is 20.4. The van der Waals surface area contributed by atoms with E-state index < -0.39 is 34.8 Å². The van der Waals surface area contributed by atoms with Crippen LogP contribution in [0.2, 0.25) is 0 Å². The lowest BCUT2D eigenvalue weighted by Crippen LogP contribution is -2.31. The van der Waals surface area contributed by atoms with Gasteiger partial charge in [0.25, 0.3) is 5.69 Å². The van der Waals surface area contributed by atoms with Crippen LogP contribution in [0.1, 0.15) is 5.56 Å². The number of amides is 3. The van der Waals surface area contributed by atoms with Crippen LogP contribution in [0.4, 0.5) is 39.4 Å². The lowest BCUT2D eigenvalue weighted by atomic mass is 10.2. The zero-order chi connectivity index (χ0) is 30.9. The van der Waals surface area contributed by atoms with E-state index in [1.165, 1.54) is 53.5 Å². The van der Waals surface area contributed by atoms with E-state index in [1.807, 2.05) is 0 Å². The van der Waals surface area contributed by atoms with E-state index in [0.29, 0.717) is 11.3 Å². The summed E-state index contributed by atoms with van der Waals surface area (Å²) in [5.41, 5.74) is 0.598. The van der Waals surface area contributed by atoms with Gasteiger partial charge in [-0.2, -0.15) is 4.99 Å². The summed E-state index contributed by atoms with van der Waals surface area (Å²) in [5.74, 6) is -1.81. The van der Waals surface area contributed by atoms with Gasteiger partial charge in [0.05, 0.1) is 22.1 Å². The molecular formula is C26H17F4N7O5S. The lowest BCUT2D eigenvalue weighted by Gasteiger charge is -2.16. The zero-order valence-corrected chi connectivity index (χ0v) is 22.5. The van der Waals surface area contributed by atoms with Crippen LogP contribution in [0.15, 0.2) is 72.0 Å². The van der Waals surface area contributed by atoms with E-state index in [1.54, 1.807) is 6.92 Å². The number of nitrogens with one attached hydrogen (secondary N) is 1. The summed E-state index contributed by atoms with van der Waals surface area (Å²) < 4.78 is 57.2. The first-order valence-electron chi connectivity index (χ1n) is 12.1. The van der Waals surface area contributed by atoms with E-state index in [2.05, 4.69) is 25.1 Å². The largest absolute Gasteiger partial charge is 0.573 e. The number of ether oxygens (including phenoxy) is 1. The van der Waals surface area contributed by atoms with E-state index >= 15 is 0 Å². The third kappa shape index (κ3) is 6.61. The molecule has 0 aliphatic carbocycles. The van der Waals surface area contributed by atoms with Gasteiger partial charge in [0.1, 0.15) is 23.6 Å². The summed E-state index contributed by atoms with van der Waals surface area (Å²) in [4.78, 5) is 45.0. The van der Waals surface area contributed by atoms with Crippen LogP contribution in [-0.2, 0) is 4.79 Å². The number of nitrogens with zero attached hydrogens (tertiary/aromatic N) is 6. The molecule has 17 heteroatoms. The Balaban J connectivity index is 1.31. The minimum Gasteiger partial charge on any atom is -0.406 e. The minimum atomic E-state index is -4.83. The summed E-state index contributed by atoms with van der Waals surface area (Å²) >= 11 is 0.899. The molecule has 1 aromatic heterocycles. The maximum Gasteiger partial charge on any atom is 0.573 e. The number of nitro benzene ring substituents is 1. The average Bonchev–Trinajstić information content (AvgIpc) is 3.56. The molecule has 0 radical (unpaired) electrons. The molecular weight excluding hydrogens is 598 g/mol. The molecule has 0 bridgehead atoms. The van der Waals surface area contributed by atoms with E-state index in [4.69, 9.17) is 0 Å². The Morgan fingerprint density at radius 1 is 1.14 bits per heavy atom. The number of benzene rings is 3. The molecule has 0 saturated carbocycles. The number of aliphatic imine (C=N–C) groups is 1. The molecule has 3 amide bonds. The number of aromatic nitrogens is 3.